The molecule has 1 aliphatic heterocycles. The van der Waals surface area contributed by atoms with Crippen LogP contribution in [0.5, 0.6) is 0 Å². The summed E-state index contributed by atoms with van der Waals surface area (Å²) in [6.07, 6.45) is 2.42. The van der Waals surface area contributed by atoms with Gasteiger partial charge in [-0.15, -0.1) is 11.3 Å². The van der Waals surface area contributed by atoms with E-state index >= 15 is 0 Å². The highest BCUT2D eigenvalue weighted by atomic mass is 32.2. The molecule has 0 radical (unpaired) electrons. The third-order valence-corrected chi connectivity index (χ3v) is 7.57. The molecule has 0 bridgehead atoms. The predicted molar refractivity (Wildman–Crippen MR) is 124 cm³/mol. The van der Waals surface area contributed by atoms with Crippen LogP contribution in [0.2, 0.25) is 0 Å². The molecule has 1 aliphatic rings. The molecule has 2 atom stereocenters. The van der Waals surface area contributed by atoms with E-state index in [1.807, 2.05) is 13.0 Å². The Bertz CT molecular complexity index is 1100. The maximum atomic E-state index is 12.3. The van der Waals surface area contributed by atoms with Crippen LogP contribution in [-0.2, 0) is 28.5 Å². The van der Waals surface area contributed by atoms with Crippen molar-refractivity contribution in [2.75, 3.05) is 26.4 Å². The lowest BCUT2D eigenvalue weighted by Crippen LogP contribution is -2.26. The van der Waals surface area contributed by atoms with Crippen LogP contribution in [0.15, 0.2) is 58.8 Å². The van der Waals surface area contributed by atoms with Gasteiger partial charge in [0.15, 0.2) is 6.29 Å². The van der Waals surface area contributed by atoms with E-state index in [0.29, 0.717) is 6.61 Å². The zero-order chi connectivity index (χ0) is 22.4. The van der Waals surface area contributed by atoms with Crippen molar-refractivity contribution in [3.8, 4) is 0 Å². The van der Waals surface area contributed by atoms with Crippen LogP contribution in [0.25, 0.3) is 10.1 Å². The van der Waals surface area contributed by atoms with Crippen molar-refractivity contribution in [2.45, 2.75) is 43.5 Å². The van der Waals surface area contributed by atoms with Crippen molar-refractivity contribution >= 4 is 31.5 Å². The number of hydrogen-bond acceptors (Lipinski definition) is 7. The van der Waals surface area contributed by atoms with E-state index in [9.17, 15) is 8.42 Å². The van der Waals surface area contributed by atoms with Crippen molar-refractivity contribution in [3.05, 3.63) is 65.0 Å². The van der Waals surface area contributed by atoms with Crippen LogP contribution < -0.4 is 0 Å². The van der Waals surface area contributed by atoms with Crippen molar-refractivity contribution in [2.24, 2.45) is 0 Å². The standard InChI is InChI=1S/C24H28O6S2/c1-18-5-8-21(9-6-18)32(25,26)29-14-13-27-17-22(30-24-4-2-3-12-28-24)19-7-10-23-20(16-19)11-15-31-23/h5-11,15-16,22,24H,2-4,12-14,17H2,1H3. The first kappa shape index (κ1) is 23.4. The predicted octanol–water partition coefficient (Wildman–Crippen LogP) is 5.22. The molecule has 0 saturated carbocycles. The molecule has 0 N–H and O–H groups in total. The second kappa shape index (κ2) is 10.9. The number of benzene rings is 2. The van der Waals surface area contributed by atoms with Crippen LogP contribution in [0.3, 0.4) is 0 Å². The molecule has 1 fully saturated rings. The van der Waals surface area contributed by atoms with Gasteiger partial charge in [0.05, 0.1) is 24.7 Å². The number of rotatable bonds is 10. The normalized spacial score (nSPS) is 18.1. The topological polar surface area (TPSA) is 71.1 Å². The molecule has 0 amide bonds. The average Bonchev–Trinajstić information content (AvgIpc) is 3.27. The van der Waals surface area contributed by atoms with E-state index in [1.54, 1.807) is 35.6 Å². The van der Waals surface area contributed by atoms with E-state index < -0.39 is 10.1 Å². The summed E-state index contributed by atoms with van der Waals surface area (Å²) in [6, 6.07) is 14.9. The van der Waals surface area contributed by atoms with Crippen LogP contribution in [0.4, 0.5) is 0 Å². The van der Waals surface area contributed by atoms with E-state index in [0.717, 1.165) is 35.8 Å². The number of aryl methyl sites for hydroxylation is 1. The maximum Gasteiger partial charge on any atom is 0.297 e. The van der Waals surface area contributed by atoms with Crippen LogP contribution in [0, 0.1) is 6.92 Å². The molecule has 6 nitrogen and oxygen atoms in total. The molecule has 8 heteroatoms. The average molecular weight is 477 g/mol. The summed E-state index contributed by atoms with van der Waals surface area (Å²) in [7, 11) is -3.80. The summed E-state index contributed by atoms with van der Waals surface area (Å²) in [5, 5.41) is 3.23. The highest BCUT2D eigenvalue weighted by Gasteiger charge is 2.22. The zero-order valence-corrected chi connectivity index (χ0v) is 19.7. The van der Waals surface area contributed by atoms with Gasteiger partial charge in [0.25, 0.3) is 10.1 Å². The van der Waals surface area contributed by atoms with Crippen molar-refractivity contribution in [3.63, 3.8) is 0 Å². The summed E-state index contributed by atoms with van der Waals surface area (Å²) in [5.74, 6) is 0. The Morgan fingerprint density at radius 2 is 1.94 bits per heavy atom. The Kier molecular flexibility index (Phi) is 7.93. The SMILES string of the molecule is Cc1ccc(S(=O)(=O)OCCOCC(OC2CCCCO2)c2ccc3sccc3c2)cc1. The number of fused-ring (bicyclic) bond motifs is 1. The molecule has 2 aromatic carbocycles. The van der Waals surface area contributed by atoms with Gasteiger partial charge >= 0.3 is 0 Å². The number of ether oxygens (including phenoxy) is 3. The smallest absolute Gasteiger partial charge is 0.297 e. The van der Waals surface area contributed by atoms with Crippen LogP contribution in [-0.4, -0.2) is 41.1 Å². The fourth-order valence-electron chi connectivity index (χ4n) is 3.57. The van der Waals surface area contributed by atoms with Gasteiger partial charge in [-0.3, -0.25) is 4.18 Å². The molecule has 32 heavy (non-hydrogen) atoms. The fraction of sp³-hybridized carbons (Fsp3) is 0.417. The van der Waals surface area contributed by atoms with Gasteiger partial charge in [0.2, 0.25) is 0 Å². The highest BCUT2D eigenvalue weighted by Crippen LogP contribution is 2.29. The summed E-state index contributed by atoms with van der Waals surface area (Å²) in [6.45, 7) is 2.96. The van der Waals surface area contributed by atoms with Gasteiger partial charge < -0.3 is 14.2 Å². The summed E-state index contributed by atoms with van der Waals surface area (Å²) >= 11 is 1.70. The van der Waals surface area contributed by atoms with Crippen molar-refractivity contribution in [1.82, 2.24) is 0 Å². The largest absolute Gasteiger partial charge is 0.376 e. The summed E-state index contributed by atoms with van der Waals surface area (Å²) in [4.78, 5) is 0.142. The lowest BCUT2D eigenvalue weighted by molar-refractivity contribution is -0.200. The second-order valence-corrected chi connectivity index (χ2v) is 10.4. The monoisotopic (exact) mass is 476 g/mol. The second-order valence-electron chi connectivity index (χ2n) is 7.80. The molecule has 1 saturated heterocycles. The Morgan fingerprint density at radius 3 is 2.72 bits per heavy atom. The van der Waals surface area contributed by atoms with Gasteiger partial charge in [-0.25, -0.2) is 0 Å². The minimum atomic E-state index is -3.80. The Labute approximate surface area is 193 Å². The van der Waals surface area contributed by atoms with Gasteiger partial charge in [-0.2, -0.15) is 8.42 Å². The summed E-state index contributed by atoms with van der Waals surface area (Å²) in [5.41, 5.74) is 2.00. The van der Waals surface area contributed by atoms with Crippen molar-refractivity contribution < 1.29 is 26.8 Å². The first-order chi connectivity index (χ1) is 15.5. The van der Waals surface area contributed by atoms with Gasteiger partial charge in [0.1, 0.15) is 6.10 Å². The van der Waals surface area contributed by atoms with E-state index in [2.05, 4.69) is 23.6 Å². The molecule has 3 aromatic rings. The lowest BCUT2D eigenvalue weighted by atomic mass is 10.1. The molecule has 2 unspecified atom stereocenters. The first-order valence-electron chi connectivity index (χ1n) is 10.8. The summed E-state index contributed by atoms with van der Waals surface area (Å²) < 4.78 is 48.7. The van der Waals surface area contributed by atoms with Gasteiger partial charge in [-0.1, -0.05) is 23.8 Å². The van der Waals surface area contributed by atoms with E-state index in [1.165, 1.54) is 4.70 Å². The van der Waals surface area contributed by atoms with E-state index in [-0.39, 0.29) is 37.1 Å². The molecular weight excluding hydrogens is 448 g/mol. The maximum absolute atomic E-state index is 12.3. The minimum absolute atomic E-state index is 0.0631. The molecular formula is C24H28O6S2. The van der Waals surface area contributed by atoms with Crippen LogP contribution in [0.1, 0.15) is 36.5 Å². The quantitative estimate of drug-likeness (QED) is 0.295. The molecule has 1 aromatic heterocycles. The van der Waals surface area contributed by atoms with Gasteiger partial charge in [0, 0.05) is 11.3 Å². The molecule has 4 rings (SSSR count). The Hall–Kier alpha value is -1.81. The third-order valence-electron chi connectivity index (χ3n) is 5.35. The molecule has 2 heterocycles. The highest BCUT2D eigenvalue weighted by molar-refractivity contribution is 7.86. The molecule has 0 aliphatic carbocycles. The number of thiophene rings is 1. The molecule has 172 valence electrons. The van der Waals surface area contributed by atoms with E-state index in [4.69, 9.17) is 18.4 Å². The zero-order valence-electron chi connectivity index (χ0n) is 18.1. The number of hydrogen-bond donors (Lipinski definition) is 0. The molecule has 0 spiro atoms. The van der Waals surface area contributed by atoms with Gasteiger partial charge in [-0.05, 0) is 72.8 Å². The Balaban J connectivity index is 1.34. The lowest BCUT2D eigenvalue weighted by Gasteiger charge is -2.28. The first-order valence-corrected chi connectivity index (χ1v) is 13.1. The fourth-order valence-corrected chi connectivity index (χ4v) is 5.23. The minimum Gasteiger partial charge on any atom is -0.376 e. The third kappa shape index (κ3) is 6.15. The van der Waals surface area contributed by atoms with Crippen molar-refractivity contribution in [1.29, 1.82) is 0 Å². The Morgan fingerprint density at radius 1 is 1.09 bits per heavy atom. The van der Waals surface area contributed by atoms with Crippen LogP contribution >= 0.6 is 11.3 Å².